The summed E-state index contributed by atoms with van der Waals surface area (Å²) >= 11 is 0. The van der Waals surface area contributed by atoms with Crippen LogP contribution in [-0.2, 0) is 10.0 Å². The Labute approximate surface area is 163 Å². The van der Waals surface area contributed by atoms with E-state index >= 15 is 0 Å². The predicted molar refractivity (Wildman–Crippen MR) is 106 cm³/mol. The third-order valence-electron chi connectivity index (χ3n) is 5.73. The smallest absolute Gasteiger partial charge is 0.254 e. The standard InChI is InChI=1S/C20H31N3O3S/c1-3-9-21-12-14-22(15-13-21)20(24)18-8-7-17(2)19(16-18)27(25,26)23-10-5-4-6-11-23/h7-8,16H,3-6,9-15H2,1-2H3/p+1. The molecule has 2 saturated heterocycles. The molecular weight excluding hydrogens is 362 g/mol. The highest BCUT2D eigenvalue weighted by Crippen LogP contribution is 2.25. The first-order valence-electron chi connectivity index (χ1n) is 10.2. The number of amides is 1. The lowest BCUT2D eigenvalue weighted by Crippen LogP contribution is -3.14. The quantitative estimate of drug-likeness (QED) is 0.808. The van der Waals surface area contributed by atoms with Crippen molar-refractivity contribution in [3.63, 3.8) is 0 Å². The second kappa shape index (κ2) is 8.71. The van der Waals surface area contributed by atoms with E-state index in [0.717, 1.165) is 58.4 Å². The van der Waals surface area contributed by atoms with E-state index in [9.17, 15) is 13.2 Å². The van der Waals surface area contributed by atoms with Crippen LogP contribution in [0.5, 0.6) is 0 Å². The van der Waals surface area contributed by atoms with Gasteiger partial charge in [0.1, 0.15) is 0 Å². The summed E-state index contributed by atoms with van der Waals surface area (Å²) in [4.78, 5) is 16.6. The van der Waals surface area contributed by atoms with Crippen LogP contribution < -0.4 is 4.90 Å². The number of nitrogens with zero attached hydrogens (tertiary/aromatic N) is 2. The Morgan fingerprint density at radius 1 is 1.07 bits per heavy atom. The highest BCUT2D eigenvalue weighted by molar-refractivity contribution is 7.89. The first-order valence-corrected chi connectivity index (χ1v) is 11.6. The molecule has 6 nitrogen and oxygen atoms in total. The second-order valence-corrected chi connectivity index (χ2v) is 9.64. The van der Waals surface area contributed by atoms with E-state index in [1.54, 1.807) is 34.3 Å². The lowest BCUT2D eigenvalue weighted by molar-refractivity contribution is -0.904. The summed E-state index contributed by atoms with van der Waals surface area (Å²) < 4.78 is 27.7. The van der Waals surface area contributed by atoms with Crippen molar-refractivity contribution in [3.8, 4) is 0 Å². The fraction of sp³-hybridized carbons (Fsp3) is 0.650. The van der Waals surface area contributed by atoms with Crippen molar-refractivity contribution in [2.45, 2.75) is 44.4 Å². The fourth-order valence-electron chi connectivity index (χ4n) is 4.07. The average Bonchev–Trinajstić information content (AvgIpc) is 2.69. The van der Waals surface area contributed by atoms with Crippen LogP contribution in [0.15, 0.2) is 23.1 Å². The van der Waals surface area contributed by atoms with Crippen molar-refractivity contribution >= 4 is 15.9 Å². The molecule has 0 bridgehead atoms. The summed E-state index contributed by atoms with van der Waals surface area (Å²) in [6.45, 7) is 9.66. The van der Waals surface area contributed by atoms with Crippen molar-refractivity contribution in [2.75, 3.05) is 45.8 Å². The molecule has 0 radical (unpaired) electrons. The van der Waals surface area contributed by atoms with E-state index in [1.165, 1.54) is 0 Å². The van der Waals surface area contributed by atoms with Gasteiger partial charge >= 0.3 is 0 Å². The van der Waals surface area contributed by atoms with Crippen molar-refractivity contribution in [1.82, 2.24) is 9.21 Å². The number of rotatable bonds is 5. The van der Waals surface area contributed by atoms with Gasteiger partial charge in [-0.25, -0.2) is 8.42 Å². The number of piperidine rings is 1. The third-order valence-corrected chi connectivity index (χ3v) is 7.77. The monoisotopic (exact) mass is 394 g/mol. The molecule has 2 aliphatic heterocycles. The fourth-order valence-corrected chi connectivity index (χ4v) is 5.84. The number of benzene rings is 1. The summed E-state index contributed by atoms with van der Waals surface area (Å²) in [6.07, 6.45) is 4.04. The molecule has 0 saturated carbocycles. The molecule has 0 aromatic heterocycles. The van der Waals surface area contributed by atoms with E-state index < -0.39 is 10.0 Å². The van der Waals surface area contributed by atoms with Crippen molar-refractivity contribution in [2.24, 2.45) is 0 Å². The number of aryl methyl sites for hydroxylation is 1. The van der Waals surface area contributed by atoms with Crippen molar-refractivity contribution in [1.29, 1.82) is 0 Å². The summed E-state index contributed by atoms with van der Waals surface area (Å²) in [5.74, 6) is -0.0550. The van der Waals surface area contributed by atoms with Crippen LogP contribution in [0.2, 0.25) is 0 Å². The topological polar surface area (TPSA) is 62.1 Å². The highest BCUT2D eigenvalue weighted by atomic mass is 32.2. The lowest BCUT2D eigenvalue weighted by atomic mass is 10.1. The Balaban J connectivity index is 1.78. The number of carbonyl (C=O) groups is 1. The van der Waals surface area contributed by atoms with E-state index in [-0.39, 0.29) is 10.8 Å². The minimum atomic E-state index is -3.54. The zero-order chi connectivity index (χ0) is 19.4. The van der Waals surface area contributed by atoms with E-state index in [2.05, 4.69) is 6.92 Å². The second-order valence-electron chi connectivity index (χ2n) is 7.74. The van der Waals surface area contributed by atoms with Gasteiger partial charge in [0.15, 0.2) is 0 Å². The van der Waals surface area contributed by atoms with Gasteiger partial charge in [0.2, 0.25) is 10.0 Å². The Morgan fingerprint density at radius 2 is 1.74 bits per heavy atom. The molecule has 0 spiro atoms. The Bertz CT molecular complexity index is 765. The molecular formula is C20H32N3O3S+. The largest absolute Gasteiger partial charge is 0.332 e. The number of carbonyl (C=O) groups excluding carboxylic acids is 1. The van der Waals surface area contributed by atoms with Gasteiger partial charge in [0.25, 0.3) is 5.91 Å². The van der Waals surface area contributed by atoms with Gasteiger partial charge < -0.3 is 9.80 Å². The number of sulfonamides is 1. The number of piperazine rings is 1. The zero-order valence-electron chi connectivity index (χ0n) is 16.5. The van der Waals surface area contributed by atoms with E-state index in [4.69, 9.17) is 0 Å². The Morgan fingerprint density at radius 3 is 2.37 bits per heavy atom. The molecule has 2 heterocycles. The summed E-state index contributed by atoms with van der Waals surface area (Å²) in [5.41, 5.74) is 1.18. The number of quaternary nitrogens is 1. The Hall–Kier alpha value is -1.44. The van der Waals surface area contributed by atoms with Crippen molar-refractivity contribution in [3.05, 3.63) is 29.3 Å². The van der Waals surface area contributed by atoms with E-state index in [0.29, 0.717) is 24.2 Å². The van der Waals surface area contributed by atoms with Gasteiger partial charge in [-0.3, -0.25) is 4.79 Å². The molecule has 150 valence electrons. The summed E-state index contributed by atoms with van der Waals surface area (Å²) in [5, 5.41) is 0. The SMILES string of the molecule is CCC[NH+]1CCN(C(=O)c2ccc(C)c(S(=O)(=O)N3CCCCC3)c2)CC1. The van der Waals surface area contributed by atoms with Crippen LogP contribution in [0.3, 0.4) is 0 Å². The molecule has 0 atom stereocenters. The first-order chi connectivity index (χ1) is 12.9. The number of hydrogen-bond donors (Lipinski definition) is 1. The van der Waals surface area contributed by atoms with Gasteiger partial charge in [-0.2, -0.15) is 4.31 Å². The maximum absolute atomic E-state index is 13.1. The molecule has 27 heavy (non-hydrogen) atoms. The minimum absolute atomic E-state index is 0.0550. The normalized spacial score (nSPS) is 20.0. The first kappa shape index (κ1) is 20.3. The van der Waals surface area contributed by atoms with Gasteiger partial charge in [-0.15, -0.1) is 0 Å². The van der Waals surface area contributed by atoms with Gasteiger partial charge in [0.05, 0.1) is 37.6 Å². The van der Waals surface area contributed by atoms with Crippen LogP contribution in [0.1, 0.15) is 48.5 Å². The lowest BCUT2D eigenvalue weighted by Gasteiger charge is -2.32. The molecule has 1 aromatic carbocycles. The number of hydrogen-bond acceptors (Lipinski definition) is 3. The predicted octanol–water partition coefficient (Wildman–Crippen LogP) is 0.920. The molecule has 1 aromatic rings. The van der Waals surface area contributed by atoms with Crippen LogP contribution in [-0.4, -0.2) is 69.3 Å². The van der Waals surface area contributed by atoms with Gasteiger partial charge in [-0.05, 0) is 43.9 Å². The van der Waals surface area contributed by atoms with Gasteiger partial charge in [0, 0.05) is 18.7 Å². The minimum Gasteiger partial charge on any atom is -0.332 e. The molecule has 3 rings (SSSR count). The molecule has 2 fully saturated rings. The van der Waals surface area contributed by atoms with Crippen LogP contribution in [0.4, 0.5) is 0 Å². The highest BCUT2D eigenvalue weighted by Gasteiger charge is 2.29. The molecule has 1 amide bonds. The maximum Gasteiger partial charge on any atom is 0.254 e. The molecule has 7 heteroatoms. The van der Waals surface area contributed by atoms with Crippen LogP contribution in [0.25, 0.3) is 0 Å². The summed E-state index contributed by atoms with van der Waals surface area (Å²) in [7, 11) is -3.54. The summed E-state index contributed by atoms with van der Waals surface area (Å²) in [6, 6.07) is 5.12. The number of nitrogens with one attached hydrogen (secondary N) is 1. The molecule has 2 aliphatic rings. The molecule has 0 aliphatic carbocycles. The van der Waals surface area contributed by atoms with Gasteiger partial charge in [-0.1, -0.05) is 19.4 Å². The Kier molecular flexibility index (Phi) is 6.55. The zero-order valence-corrected chi connectivity index (χ0v) is 17.4. The van der Waals surface area contributed by atoms with Crippen molar-refractivity contribution < 1.29 is 18.1 Å². The van der Waals surface area contributed by atoms with Crippen LogP contribution in [0, 0.1) is 6.92 Å². The average molecular weight is 395 g/mol. The maximum atomic E-state index is 13.1. The van der Waals surface area contributed by atoms with Crippen LogP contribution >= 0.6 is 0 Å². The third kappa shape index (κ3) is 4.52. The molecule has 1 N–H and O–H groups in total. The molecule has 0 unspecified atom stereocenters. The van der Waals surface area contributed by atoms with E-state index in [1.807, 2.05) is 4.90 Å².